The van der Waals surface area contributed by atoms with Crippen molar-refractivity contribution in [2.75, 3.05) is 30.3 Å². The highest BCUT2D eigenvalue weighted by atomic mass is 16.5. The summed E-state index contributed by atoms with van der Waals surface area (Å²) in [5.41, 5.74) is 4.32. The van der Waals surface area contributed by atoms with Gasteiger partial charge in [0.05, 0.1) is 12.2 Å². The summed E-state index contributed by atoms with van der Waals surface area (Å²) < 4.78 is 5.97. The van der Waals surface area contributed by atoms with E-state index in [0.717, 1.165) is 54.9 Å². The molecule has 1 amide bonds. The van der Waals surface area contributed by atoms with Crippen molar-refractivity contribution >= 4 is 17.3 Å². The Labute approximate surface area is 201 Å². The fourth-order valence-corrected chi connectivity index (χ4v) is 5.44. The number of piperidine rings is 1. The molecule has 6 nitrogen and oxygen atoms in total. The van der Waals surface area contributed by atoms with Crippen LogP contribution in [0.25, 0.3) is 0 Å². The van der Waals surface area contributed by atoms with E-state index in [-0.39, 0.29) is 11.7 Å². The van der Waals surface area contributed by atoms with Crippen LogP contribution >= 0.6 is 0 Å². The highest BCUT2D eigenvalue weighted by Crippen LogP contribution is 2.41. The van der Waals surface area contributed by atoms with Gasteiger partial charge in [0, 0.05) is 23.9 Å². The molecule has 6 heteroatoms. The van der Waals surface area contributed by atoms with Crippen molar-refractivity contribution in [3.63, 3.8) is 0 Å². The molecule has 3 aliphatic rings. The number of aromatic hydroxyl groups is 1. The maximum absolute atomic E-state index is 13.2. The van der Waals surface area contributed by atoms with Gasteiger partial charge in [-0.3, -0.25) is 9.69 Å². The normalized spacial score (nSPS) is 20.6. The van der Waals surface area contributed by atoms with Gasteiger partial charge in [0.1, 0.15) is 11.5 Å². The summed E-state index contributed by atoms with van der Waals surface area (Å²) in [6, 6.07) is 9.32. The van der Waals surface area contributed by atoms with Crippen molar-refractivity contribution in [3.05, 3.63) is 47.0 Å². The van der Waals surface area contributed by atoms with Crippen LogP contribution in [0.4, 0.5) is 11.4 Å². The largest absolute Gasteiger partial charge is 0.508 e. The molecule has 1 aliphatic carbocycles. The summed E-state index contributed by atoms with van der Waals surface area (Å²) in [6.07, 6.45) is 13.1. The second-order valence-corrected chi connectivity index (χ2v) is 9.72. The van der Waals surface area contributed by atoms with Gasteiger partial charge >= 0.3 is 0 Å². The van der Waals surface area contributed by atoms with Crippen LogP contribution in [0.2, 0.25) is 0 Å². The van der Waals surface area contributed by atoms with Gasteiger partial charge in [-0.25, -0.2) is 0 Å². The number of phenolic OH excluding ortho intramolecular Hbond substituents is 1. The minimum Gasteiger partial charge on any atom is -0.508 e. The molecule has 1 unspecified atom stereocenters. The molecule has 2 aromatic carbocycles. The summed E-state index contributed by atoms with van der Waals surface area (Å²) in [6.45, 7) is 3.26. The van der Waals surface area contributed by atoms with Gasteiger partial charge in [0.25, 0.3) is 5.91 Å². The Balaban J connectivity index is 1.36. The number of ether oxygens (including phenoxy) is 1. The van der Waals surface area contributed by atoms with Crippen LogP contribution in [-0.4, -0.2) is 41.7 Å². The van der Waals surface area contributed by atoms with Gasteiger partial charge < -0.3 is 20.5 Å². The lowest BCUT2D eigenvalue weighted by molar-refractivity contribution is -0.122. The second kappa shape index (κ2) is 9.99. The molecule has 178 valence electrons. The van der Waals surface area contributed by atoms with Crippen molar-refractivity contribution in [2.45, 2.75) is 63.5 Å². The maximum atomic E-state index is 13.2. The first-order chi connectivity index (χ1) is 16.6. The average Bonchev–Trinajstić information content (AvgIpc) is 3.40. The van der Waals surface area contributed by atoms with Crippen molar-refractivity contribution in [3.8, 4) is 23.8 Å². The lowest BCUT2D eigenvalue weighted by Gasteiger charge is -2.29. The van der Waals surface area contributed by atoms with E-state index in [0.29, 0.717) is 23.9 Å². The number of benzene rings is 2. The third-order valence-corrected chi connectivity index (χ3v) is 7.33. The highest BCUT2D eigenvalue weighted by molar-refractivity contribution is 5.96. The molecule has 1 atom stereocenters. The second-order valence-electron chi connectivity index (χ2n) is 9.72. The van der Waals surface area contributed by atoms with Crippen LogP contribution in [-0.2, 0) is 11.3 Å². The number of carbonyl (C=O) groups is 1. The monoisotopic (exact) mass is 459 g/mol. The van der Waals surface area contributed by atoms with E-state index in [2.05, 4.69) is 27.5 Å². The first kappa shape index (κ1) is 22.6. The lowest BCUT2D eigenvalue weighted by Crippen LogP contribution is -2.41. The van der Waals surface area contributed by atoms with Gasteiger partial charge in [-0.15, -0.1) is 6.42 Å². The quantitative estimate of drug-likeness (QED) is 0.559. The summed E-state index contributed by atoms with van der Waals surface area (Å²) >= 11 is 0. The molecule has 0 aromatic heterocycles. The van der Waals surface area contributed by atoms with E-state index in [1.54, 1.807) is 18.2 Å². The number of carbonyl (C=O) groups excluding carboxylic acids is 1. The number of nitrogens with one attached hydrogen (secondary N) is 2. The summed E-state index contributed by atoms with van der Waals surface area (Å²) in [7, 11) is 0. The van der Waals surface area contributed by atoms with Crippen LogP contribution < -0.4 is 15.4 Å². The molecule has 3 N–H and O–H groups in total. The zero-order valence-corrected chi connectivity index (χ0v) is 19.6. The minimum atomic E-state index is -0.677. The van der Waals surface area contributed by atoms with Gasteiger partial charge in [0.2, 0.25) is 0 Å². The van der Waals surface area contributed by atoms with Crippen molar-refractivity contribution in [2.24, 2.45) is 0 Å². The molecule has 0 radical (unpaired) electrons. The molecule has 1 saturated heterocycles. The summed E-state index contributed by atoms with van der Waals surface area (Å²) in [5, 5.41) is 17.2. The number of likely N-dealkylation sites (tertiary alicyclic amines) is 1. The topological polar surface area (TPSA) is 73.8 Å². The zero-order valence-electron chi connectivity index (χ0n) is 19.6. The van der Waals surface area contributed by atoms with E-state index < -0.39 is 6.10 Å². The SMILES string of the molecule is C#Cc1ccc2c(c1)NCC(C(=O)Nc1cc(O)c(C3CCCC3)cc1CN1CCCCC1)O2. The van der Waals surface area contributed by atoms with Crippen LogP contribution in [0.15, 0.2) is 30.3 Å². The van der Waals surface area contributed by atoms with Gasteiger partial charge in [-0.1, -0.05) is 25.2 Å². The van der Waals surface area contributed by atoms with Crippen LogP contribution in [0.1, 0.15) is 67.6 Å². The Bertz CT molecular complexity index is 1090. The zero-order chi connectivity index (χ0) is 23.5. The van der Waals surface area contributed by atoms with E-state index in [4.69, 9.17) is 11.2 Å². The highest BCUT2D eigenvalue weighted by Gasteiger charge is 2.28. The fraction of sp³-hybridized carbons (Fsp3) is 0.464. The standard InChI is InChI=1S/C28H33N3O3/c1-2-19-10-11-26-24(14-19)29-17-27(34-26)28(33)30-23-16-25(32)22(20-8-4-5-9-20)15-21(23)18-31-12-6-3-7-13-31/h1,10-11,14-16,20,27,29,32H,3-9,12-13,17-18H2,(H,30,33). The molecule has 2 fully saturated rings. The Morgan fingerprint density at radius 3 is 2.71 bits per heavy atom. The third kappa shape index (κ3) is 4.85. The number of terminal acetylenes is 1. The number of hydrogen-bond acceptors (Lipinski definition) is 5. The van der Waals surface area contributed by atoms with Gasteiger partial charge in [0.15, 0.2) is 6.10 Å². The van der Waals surface area contributed by atoms with Gasteiger partial charge in [-0.05, 0) is 80.1 Å². The Morgan fingerprint density at radius 1 is 1.15 bits per heavy atom. The molecule has 5 rings (SSSR count). The van der Waals surface area contributed by atoms with Gasteiger partial charge in [-0.2, -0.15) is 0 Å². The van der Waals surface area contributed by atoms with Crippen LogP contribution in [0.3, 0.4) is 0 Å². The van der Waals surface area contributed by atoms with E-state index >= 15 is 0 Å². The van der Waals surface area contributed by atoms with Crippen molar-refractivity contribution < 1.29 is 14.6 Å². The predicted octanol–water partition coefficient (Wildman–Crippen LogP) is 4.83. The Kier molecular flexibility index (Phi) is 6.64. The number of hydrogen-bond donors (Lipinski definition) is 3. The number of amides is 1. The van der Waals surface area contributed by atoms with Crippen molar-refractivity contribution in [1.29, 1.82) is 0 Å². The first-order valence-electron chi connectivity index (χ1n) is 12.5. The summed E-state index contributed by atoms with van der Waals surface area (Å²) in [5.74, 6) is 3.67. The maximum Gasteiger partial charge on any atom is 0.267 e. The molecule has 34 heavy (non-hydrogen) atoms. The molecule has 2 aliphatic heterocycles. The molecule has 0 bridgehead atoms. The van der Waals surface area contributed by atoms with E-state index in [9.17, 15) is 9.90 Å². The van der Waals surface area contributed by atoms with Crippen molar-refractivity contribution in [1.82, 2.24) is 4.90 Å². The molecule has 2 aromatic rings. The van der Waals surface area contributed by atoms with E-state index in [1.807, 2.05) is 6.07 Å². The predicted molar refractivity (Wildman–Crippen MR) is 134 cm³/mol. The number of nitrogens with zero attached hydrogens (tertiary/aromatic N) is 1. The molecular weight excluding hydrogens is 426 g/mol. The Morgan fingerprint density at radius 2 is 1.94 bits per heavy atom. The molecule has 2 heterocycles. The van der Waals surface area contributed by atoms with E-state index in [1.165, 1.54) is 32.1 Å². The molecular formula is C28H33N3O3. The Hall–Kier alpha value is -3.17. The minimum absolute atomic E-state index is 0.230. The number of anilines is 2. The van der Waals surface area contributed by atoms with Crippen LogP contribution in [0.5, 0.6) is 11.5 Å². The molecule has 1 saturated carbocycles. The average molecular weight is 460 g/mol. The third-order valence-electron chi connectivity index (χ3n) is 7.33. The summed E-state index contributed by atoms with van der Waals surface area (Å²) in [4.78, 5) is 15.6. The smallest absolute Gasteiger partial charge is 0.267 e. The number of phenols is 1. The lowest BCUT2D eigenvalue weighted by atomic mass is 9.93. The number of fused-ring (bicyclic) bond motifs is 1. The fourth-order valence-electron chi connectivity index (χ4n) is 5.44. The number of rotatable bonds is 5. The molecule has 0 spiro atoms. The van der Waals surface area contributed by atoms with Crippen LogP contribution in [0, 0.1) is 12.3 Å². The first-order valence-corrected chi connectivity index (χ1v) is 12.5.